The summed E-state index contributed by atoms with van der Waals surface area (Å²) in [5.74, 6) is -4.89. The third kappa shape index (κ3) is 21.5. The molecular formula is C103H90N16O11. The van der Waals surface area contributed by atoms with E-state index in [-0.39, 0.29) is 51.4 Å². The first-order valence-corrected chi connectivity index (χ1v) is 42.5. The van der Waals surface area contributed by atoms with Gasteiger partial charge in [0.1, 0.15) is 67.6 Å². The Morgan fingerprint density at radius 1 is 0.362 bits per heavy atom. The fourth-order valence-electron chi connectivity index (χ4n) is 15.4. The summed E-state index contributed by atoms with van der Waals surface area (Å²) in [6, 6.07) is 77.0. The van der Waals surface area contributed by atoms with Gasteiger partial charge < -0.3 is 57.2 Å². The number of anilines is 1. The van der Waals surface area contributed by atoms with Gasteiger partial charge in [0.15, 0.2) is 0 Å². The van der Waals surface area contributed by atoms with Crippen molar-refractivity contribution in [2.45, 2.75) is 102 Å². The van der Waals surface area contributed by atoms with E-state index in [1.54, 1.807) is 110 Å². The van der Waals surface area contributed by atoms with Crippen LogP contribution in [0.4, 0.5) is 10.5 Å². The van der Waals surface area contributed by atoms with E-state index in [0.29, 0.717) is 84.3 Å². The van der Waals surface area contributed by atoms with Crippen molar-refractivity contribution in [3.05, 3.63) is 344 Å². The highest BCUT2D eigenvalue weighted by molar-refractivity contribution is 6.12. The molecule has 8 heterocycles. The molecule has 0 saturated heterocycles. The Morgan fingerprint density at radius 2 is 0.762 bits per heavy atom. The Bertz CT molecular complexity index is 6470. The largest absolute Gasteiger partial charge is 0.489 e. The van der Waals surface area contributed by atoms with Crippen LogP contribution in [0.25, 0.3) is 101 Å². The van der Waals surface area contributed by atoms with Gasteiger partial charge >= 0.3 is 6.09 Å². The lowest BCUT2D eigenvalue weighted by Crippen LogP contribution is -2.59. The van der Waals surface area contributed by atoms with Crippen LogP contribution in [0.5, 0.6) is 11.5 Å². The van der Waals surface area contributed by atoms with Gasteiger partial charge in [-0.25, -0.2) is 14.8 Å². The van der Waals surface area contributed by atoms with E-state index < -0.39 is 83.7 Å². The molecule has 27 nitrogen and oxygen atoms in total. The molecule has 648 valence electrons. The first-order valence-electron chi connectivity index (χ1n) is 42.5. The quantitative estimate of drug-likeness (QED) is 0.0174. The van der Waals surface area contributed by atoms with Crippen molar-refractivity contribution in [1.82, 2.24) is 71.8 Å². The van der Waals surface area contributed by atoms with Gasteiger partial charge in [0.2, 0.25) is 41.4 Å². The zero-order valence-electron chi connectivity index (χ0n) is 71.1. The Morgan fingerprint density at radius 3 is 1.22 bits per heavy atom. The molecule has 6 atom stereocenters. The SMILES string of the molecule is C[C@H](NC(=O)[C@H](CCC(=O)Nc1cc2cccnc2c2ncccc12)NC(=O)[C@H](C)NC(=O)[C@H](Cc1ccc(OCc2ccc(-c3cc(-c4ccccn4)nc(-c4ccccn4)c3)cc2)cc1)NC(=O)[C@H](C)NC(=O)[C@H](Cc1ccc(OCc2ccc(-c3cc(-c4ccccn4)nc(-c4ccccn4)c3)cc2)cc1)NC(=O)OCC1c2ccccc2-c2ccccc21)C(N)=O. The topological polar surface area (TPSA) is 378 Å². The maximum absolute atomic E-state index is 15.0. The molecule has 1 aliphatic carbocycles. The van der Waals surface area contributed by atoms with E-state index in [2.05, 4.69) is 67.1 Å². The first-order chi connectivity index (χ1) is 63.3. The molecular weight excluding hydrogens is 1640 g/mol. The minimum Gasteiger partial charge on any atom is -0.489 e. The monoisotopic (exact) mass is 1730 g/mol. The average Bonchev–Trinajstić information content (AvgIpc) is 1.56. The smallest absolute Gasteiger partial charge is 0.407 e. The second-order valence-electron chi connectivity index (χ2n) is 31.5. The number of aromatic nitrogens is 8. The van der Waals surface area contributed by atoms with Crippen LogP contribution in [0.2, 0.25) is 0 Å². The standard InChI is InChI=1S/C103H90N16O11/c1-62(97(104)121)111-100(124)86(44-45-94(120)116-87-54-71-18-16-50-109-95(71)96-80(87)23-17-51-110-96)117-98(122)63(2)112-101(125)92(52-65-32-40-74(41-33-65)128-59-67-28-36-69(37-29-67)72-55-88(82-24-8-12-46-105-82)114-89(56-72)83-25-9-13-47-106-83)118-99(123)64(3)113-102(126)93(119-103(127)130-61-81-78-21-6-4-19-76(78)77-20-5-7-22-79(77)81)53-66-34-42-75(43-35-66)129-60-68-30-38-70(39-31-68)73-57-90(84-26-10-14-48-107-84)115-91(58-73)85-27-11-15-49-108-85/h4-43,46-51,54-58,62-64,81,86,92-93H,44-45,52-53,59-61H2,1-3H3,(H2,104,121)(H,111,124)(H,112,125)(H,113,126)(H,116,120)(H,117,122)(H,118,123)(H,119,127)/t62-,63-,64-,86-,92-,93-/m0/s1. The predicted octanol–water partition coefficient (Wildman–Crippen LogP) is 14.4. The molecule has 0 aliphatic heterocycles. The van der Waals surface area contributed by atoms with Crippen LogP contribution in [0, 0.1) is 0 Å². The molecule has 0 spiro atoms. The Hall–Kier alpha value is -16.6. The number of alkyl carbamates (subject to hydrolysis) is 1. The maximum atomic E-state index is 15.0. The Balaban J connectivity index is 0.615. The fourth-order valence-corrected chi connectivity index (χ4v) is 15.4. The molecule has 7 aromatic carbocycles. The molecule has 15 aromatic rings. The van der Waals surface area contributed by atoms with E-state index >= 15 is 0 Å². The molecule has 27 heteroatoms. The zero-order valence-corrected chi connectivity index (χ0v) is 71.1. The molecule has 1 aliphatic rings. The summed E-state index contributed by atoms with van der Waals surface area (Å²) in [6.07, 6.45) is 8.41. The number of hydrogen-bond acceptors (Lipinski definition) is 19. The first kappa shape index (κ1) is 86.9. The van der Waals surface area contributed by atoms with Gasteiger partial charge in [-0.15, -0.1) is 0 Å². The minimum absolute atomic E-state index is 0.0639. The van der Waals surface area contributed by atoms with Crippen molar-refractivity contribution in [3.8, 4) is 90.4 Å². The number of pyridine rings is 8. The number of nitrogens with zero attached hydrogens (tertiary/aromatic N) is 8. The number of benzene rings is 7. The average molecular weight is 1730 g/mol. The van der Waals surface area contributed by atoms with E-state index in [1.165, 1.54) is 20.8 Å². The predicted molar refractivity (Wildman–Crippen MR) is 494 cm³/mol. The number of nitrogens with two attached hydrogens (primary N) is 1. The minimum atomic E-state index is -1.46. The third-order valence-corrected chi connectivity index (χ3v) is 22.4. The number of carbonyl (C=O) groups excluding carboxylic acids is 8. The van der Waals surface area contributed by atoms with Crippen LogP contribution in [0.3, 0.4) is 0 Å². The van der Waals surface area contributed by atoms with Crippen molar-refractivity contribution < 1.29 is 52.6 Å². The molecule has 0 unspecified atom stereocenters. The number of primary amides is 1. The highest BCUT2D eigenvalue weighted by atomic mass is 16.5. The molecule has 0 fully saturated rings. The summed E-state index contributed by atoms with van der Waals surface area (Å²) in [7, 11) is 0. The van der Waals surface area contributed by atoms with Gasteiger partial charge in [0.05, 0.1) is 62.3 Å². The number of rotatable bonds is 34. The molecule has 0 saturated carbocycles. The van der Waals surface area contributed by atoms with Crippen LogP contribution >= 0.6 is 0 Å². The Kier molecular flexibility index (Phi) is 27.1. The molecule has 0 bridgehead atoms. The van der Waals surface area contributed by atoms with Crippen molar-refractivity contribution in [2.24, 2.45) is 5.73 Å². The normalized spacial score (nSPS) is 12.9. The van der Waals surface area contributed by atoms with Crippen LogP contribution in [-0.4, -0.2) is 130 Å². The van der Waals surface area contributed by atoms with Crippen LogP contribution in [-0.2, 0) is 64.4 Å². The van der Waals surface area contributed by atoms with Gasteiger partial charge in [-0.05, 0) is 215 Å². The van der Waals surface area contributed by atoms with E-state index in [9.17, 15) is 38.4 Å². The molecule has 8 aromatic heterocycles. The number of ether oxygens (including phenoxy) is 3. The maximum Gasteiger partial charge on any atom is 0.407 e. The fraction of sp³-hybridized carbons (Fsp3) is 0.165. The van der Waals surface area contributed by atoms with Gasteiger partial charge in [-0.3, -0.25) is 63.5 Å². The molecule has 9 N–H and O–H groups in total. The highest BCUT2D eigenvalue weighted by Gasteiger charge is 2.34. The van der Waals surface area contributed by atoms with Gasteiger partial charge in [-0.2, -0.15) is 0 Å². The summed E-state index contributed by atoms with van der Waals surface area (Å²) in [5.41, 5.74) is 23.4. The van der Waals surface area contributed by atoms with Crippen LogP contribution in [0.1, 0.15) is 72.9 Å². The number of carbonyl (C=O) groups is 8. The second kappa shape index (κ2) is 40.6. The lowest BCUT2D eigenvalue weighted by atomic mass is 9.98. The Labute approximate surface area is 748 Å². The van der Waals surface area contributed by atoms with Gasteiger partial charge in [0.25, 0.3) is 0 Å². The third-order valence-electron chi connectivity index (χ3n) is 22.4. The van der Waals surface area contributed by atoms with Crippen molar-refractivity contribution in [1.29, 1.82) is 0 Å². The van der Waals surface area contributed by atoms with Crippen LogP contribution in [0.15, 0.2) is 310 Å². The van der Waals surface area contributed by atoms with E-state index in [4.69, 9.17) is 29.9 Å². The summed E-state index contributed by atoms with van der Waals surface area (Å²) in [6.45, 7) is 4.47. The zero-order chi connectivity index (χ0) is 90.0. The van der Waals surface area contributed by atoms with Crippen LogP contribution < -0.4 is 52.4 Å². The molecule has 16 rings (SSSR count). The van der Waals surface area contributed by atoms with Crippen molar-refractivity contribution in [3.63, 3.8) is 0 Å². The summed E-state index contributed by atoms with van der Waals surface area (Å²) in [5, 5.41) is 20.4. The molecule has 0 radical (unpaired) electrons. The van der Waals surface area contributed by atoms with E-state index in [0.717, 1.165) is 67.0 Å². The highest BCUT2D eigenvalue weighted by Crippen LogP contribution is 2.45. The number of hydrogen-bond donors (Lipinski definition) is 8. The number of nitrogens with one attached hydrogen (secondary N) is 7. The van der Waals surface area contributed by atoms with E-state index in [1.807, 2.05) is 200 Å². The van der Waals surface area contributed by atoms with Crippen molar-refractivity contribution in [2.75, 3.05) is 11.9 Å². The lowest BCUT2D eigenvalue weighted by molar-refractivity contribution is -0.134. The summed E-state index contributed by atoms with van der Waals surface area (Å²) >= 11 is 0. The van der Waals surface area contributed by atoms with Gasteiger partial charge in [-0.1, -0.05) is 152 Å². The van der Waals surface area contributed by atoms with Crippen molar-refractivity contribution >= 4 is 74.9 Å². The summed E-state index contributed by atoms with van der Waals surface area (Å²) < 4.78 is 18.6. The number of amides is 8. The van der Waals surface area contributed by atoms with Gasteiger partial charge in [0, 0.05) is 73.1 Å². The summed E-state index contributed by atoms with van der Waals surface area (Å²) in [4.78, 5) is 151. The second-order valence-corrected chi connectivity index (χ2v) is 31.5. The molecule has 8 amide bonds. The lowest BCUT2D eigenvalue weighted by Gasteiger charge is -2.26. The number of fused-ring (bicyclic) bond motifs is 6. The molecule has 130 heavy (non-hydrogen) atoms.